The first kappa shape index (κ1) is 26.0. The number of hydrazine groups is 1. The van der Waals surface area contributed by atoms with Crippen LogP contribution in [0.15, 0.2) is 96.6 Å². The van der Waals surface area contributed by atoms with Crippen LogP contribution in [0.2, 0.25) is 0 Å². The minimum absolute atomic E-state index is 0.0237. The van der Waals surface area contributed by atoms with Gasteiger partial charge < -0.3 is 4.74 Å². The van der Waals surface area contributed by atoms with Crippen LogP contribution in [0, 0.1) is 0 Å². The van der Waals surface area contributed by atoms with Gasteiger partial charge in [0, 0.05) is 17.7 Å². The van der Waals surface area contributed by atoms with E-state index in [0.717, 1.165) is 9.91 Å². The fourth-order valence-corrected chi connectivity index (χ4v) is 4.00. The standard InChI is InChI=1S/C29H25N3O6/c1-38-29(37)22(15-10-18-31-27(35)23-16-8-9-17-24(23)28(31)36)19-32(26(34)21-13-6-3-7-14-21)30-25(33)20-11-4-2-5-12-20/h2-9,11-17H,10,18-19H2,1H3,(H,30,33)/b22-15+. The van der Waals surface area contributed by atoms with Gasteiger partial charge in [0.2, 0.25) is 0 Å². The van der Waals surface area contributed by atoms with Gasteiger partial charge in [0.25, 0.3) is 23.6 Å². The first-order valence-electron chi connectivity index (χ1n) is 11.9. The van der Waals surface area contributed by atoms with E-state index < -0.39 is 29.6 Å². The monoisotopic (exact) mass is 511 g/mol. The molecule has 0 aliphatic carbocycles. The highest BCUT2D eigenvalue weighted by Gasteiger charge is 2.34. The van der Waals surface area contributed by atoms with Gasteiger partial charge in [0.05, 0.1) is 30.4 Å². The lowest BCUT2D eigenvalue weighted by molar-refractivity contribution is -0.136. The third kappa shape index (κ3) is 5.67. The van der Waals surface area contributed by atoms with Gasteiger partial charge in [-0.1, -0.05) is 54.6 Å². The molecule has 3 aromatic carbocycles. The Bertz CT molecular complexity index is 1370. The SMILES string of the molecule is COC(=O)/C(=C/CCN1C(=O)c2ccccc2C1=O)CN(NC(=O)c1ccccc1)C(=O)c1ccccc1. The lowest BCUT2D eigenvalue weighted by atomic mass is 10.1. The van der Waals surface area contributed by atoms with Crippen molar-refractivity contribution in [3.05, 3.63) is 119 Å². The number of fused-ring (bicyclic) bond motifs is 1. The van der Waals surface area contributed by atoms with Crippen LogP contribution in [0.3, 0.4) is 0 Å². The van der Waals surface area contributed by atoms with Gasteiger partial charge in [-0.2, -0.15) is 0 Å². The molecule has 38 heavy (non-hydrogen) atoms. The molecule has 4 rings (SSSR count). The fraction of sp³-hybridized carbons (Fsp3) is 0.138. The van der Waals surface area contributed by atoms with Crippen LogP contribution in [0.25, 0.3) is 0 Å². The van der Waals surface area contributed by atoms with Gasteiger partial charge in [-0.25, -0.2) is 9.80 Å². The number of hydrogen-bond donors (Lipinski definition) is 1. The van der Waals surface area contributed by atoms with Crippen LogP contribution in [0.1, 0.15) is 47.9 Å². The topological polar surface area (TPSA) is 113 Å². The van der Waals surface area contributed by atoms with E-state index >= 15 is 0 Å². The highest BCUT2D eigenvalue weighted by atomic mass is 16.5. The zero-order valence-electron chi connectivity index (χ0n) is 20.6. The molecule has 0 radical (unpaired) electrons. The predicted octanol–water partition coefficient (Wildman–Crippen LogP) is 3.26. The highest BCUT2D eigenvalue weighted by Crippen LogP contribution is 2.22. The maximum absolute atomic E-state index is 13.3. The van der Waals surface area contributed by atoms with E-state index in [1.54, 1.807) is 84.9 Å². The summed E-state index contributed by atoms with van der Waals surface area (Å²) >= 11 is 0. The van der Waals surface area contributed by atoms with Crippen molar-refractivity contribution in [1.82, 2.24) is 15.3 Å². The molecule has 0 aromatic heterocycles. The van der Waals surface area contributed by atoms with Crippen molar-refractivity contribution >= 4 is 29.6 Å². The summed E-state index contributed by atoms with van der Waals surface area (Å²) in [6, 6.07) is 23.2. The van der Waals surface area contributed by atoms with Gasteiger partial charge >= 0.3 is 5.97 Å². The number of imide groups is 1. The third-order valence-corrected chi connectivity index (χ3v) is 5.94. The molecule has 1 heterocycles. The van der Waals surface area contributed by atoms with Crippen molar-refractivity contribution in [2.45, 2.75) is 6.42 Å². The molecule has 3 aromatic rings. The van der Waals surface area contributed by atoms with Crippen molar-refractivity contribution in [2.24, 2.45) is 0 Å². The Labute approximate surface area is 219 Å². The van der Waals surface area contributed by atoms with E-state index in [1.165, 1.54) is 13.2 Å². The maximum atomic E-state index is 13.3. The van der Waals surface area contributed by atoms with Crippen molar-refractivity contribution in [1.29, 1.82) is 0 Å². The van der Waals surface area contributed by atoms with Crippen molar-refractivity contribution < 1.29 is 28.7 Å². The molecule has 1 N–H and O–H groups in total. The van der Waals surface area contributed by atoms with E-state index in [1.807, 2.05) is 0 Å². The summed E-state index contributed by atoms with van der Waals surface area (Å²) in [5.41, 5.74) is 3.94. The molecule has 1 aliphatic rings. The van der Waals surface area contributed by atoms with E-state index in [0.29, 0.717) is 22.3 Å². The first-order chi connectivity index (χ1) is 18.4. The second kappa shape index (κ2) is 11.8. The molecule has 4 amide bonds. The highest BCUT2D eigenvalue weighted by molar-refractivity contribution is 6.21. The van der Waals surface area contributed by atoms with Gasteiger partial charge in [-0.15, -0.1) is 0 Å². The summed E-state index contributed by atoms with van der Waals surface area (Å²) < 4.78 is 4.90. The molecule has 192 valence electrons. The smallest absolute Gasteiger partial charge is 0.335 e. The molecule has 0 atom stereocenters. The first-order valence-corrected chi connectivity index (χ1v) is 11.9. The quantitative estimate of drug-likeness (QED) is 0.215. The van der Waals surface area contributed by atoms with E-state index in [9.17, 15) is 24.0 Å². The number of rotatable bonds is 8. The Hall–Kier alpha value is -5.05. The number of nitrogens with one attached hydrogen (secondary N) is 1. The second-order valence-electron chi connectivity index (χ2n) is 8.38. The van der Waals surface area contributed by atoms with Crippen molar-refractivity contribution in [2.75, 3.05) is 20.2 Å². The summed E-state index contributed by atoms with van der Waals surface area (Å²) in [4.78, 5) is 65.2. The molecule has 0 saturated heterocycles. The number of carbonyl (C=O) groups excluding carboxylic acids is 5. The summed E-state index contributed by atoms with van der Waals surface area (Å²) in [6.07, 6.45) is 1.63. The average molecular weight is 512 g/mol. The molecule has 9 heteroatoms. The number of esters is 1. The summed E-state index contributed by atoms with van der Waals surface area (Å²) in [7, 11) is 1.20. The van der Waals surface area contributed by atoms with E-state index in [2.05, 4.69) is 5.43 Å². The fourth-order valence-electron chi connectivity index (χ4n) is 4.00. The number of benzene rings is 3. The van der Waals surface area contributed by atoms with Crippen LogP contribution >= 0.6 is 0 Å². The lowest BCUT2D eigenvalue weighted by Crippen LogP contribution is -2.47. The molecule has 0 saturated carbocycles. The molecule has 9 nitrogen and oxygen atoms in total. The average Bonchev–Trinajstić information content (AvgIpc) is 3.21. The zero-order chi connectivity index (χ0) is 27.1. The van der Waals surface area contributed by atoms with E-state index in [4.69, 9.17) is 4.74 Å². The number of ether oxygens (including phenoxy) is 1. The van der Waals surface area contributed by atoms with E-state index in [-0.39, 0.29) is 25.1 Å². The number of methoxy groups -OCH3 is 1. The lowest BCUT2D eigenvalue weighted by Gasteiger charge is -2.24. The Balaban J connectivity index is 1.54. The molecule has 0 spiro atoms. The number of nitrogens with zero attached hydrogens (tertiary/aromatic N) is 2. The molecule has 0 unspecified atom stereocenters. The van der Waals surface area contributed by atoms with Crippen LogP contribution in [-0.2, 0) is 9.53 Å². The second-order valence-corrected chi connectivity index (χ2v) is 8.38. The Morgan fingerprint density at radius 1 is 0.816 bits per heavy atom. The largest absolute Gasteiger partial charge is 0.466 e. The minimum atomic E-state index is -0.716. The zero-order valence-corrected chi connectivity index (χ0v) is 20.6. The number of amides is 4. The summed E-state index contributed by atoms with van der Waals surface area (Å²) in [5.74, 6) is -2.61. The molecule has 0 fully saturated rings. The van der Waals surface area contributed by atoms with Crippen LogP contribution in [-0.4, -0.2) is 59.7 Å². The van der Waals surface area contributed by atoms with Crippen molar-refractivity contribution in [3.8, 4) is 0 Å². The van der Waals surface area contributed by atoms with Gasteiger partial charge in [-0.05, 0) is 42.8 Å². The molecular formula is C29H25N3O6. The molecule has 1 aliphatic heterocycles. The third-order valence-electron chi connectivity index (χ3n) is 5.94. The Kier molecular flexibility index (Phi) is 8.07. The van der Waals surface area contributed by atoms with Gasteiger partial charge in [0.1, 0.15) is 0 Å². The number of carbonyl (C=O) groups is 5. The Morgan fingerprint density at radius 2 is 1.34 bits per heavy atom. The maximum Gasteiger partial charge on any atom is 0.335 e. The van der Waals surface area contributed by atoms with Crippen molar-refractivity contribution in [3.63, 3.8) is 0 Å². The molecule has 0 bridgehead atoms. The van der Waals surface area contributed by atoms with Crippen LogP contribution in [0.5, 0.6) is 0 Å². The Morgan fingerprint density at radius 3 is 1.89 bits per heavy atom. The van der Waals surface area contributed by atoms with Gasteiger partial charge in [-0.3, -0.25) is 29.5 Å². The minimum Gasteiger partial charge on any atom is -0.466 e. The predicted molar refractivity (Wildman–Crippen MR) is 138 cm³/mol. The number of hydrogen-bond acceptors (Lipinski definition) is 6. The van der Waals surface area contributed by atoms with Gasteiger partial charge in [0.15, 0.2) is 0 Å². The van der Waals surface area contributed by atoms with Crippen LogP contribution < -0.4 is 5.43 Å². The van der Waals surface area contributed by atoms with Crippen LogP contribution in [0.4, 0.5) is 0 Å². The molecular weight excluding hydrogens is 486 g/mol. The summed E-state index contributed by atoms with van der Waals surface area (Å²) in [6.45, 7) is -0.281. The summed E-state index contributed by atoms with van der Waals surface area (Å²) in [5, 5.41) is 1.04. The normalized spacial score (nSPS) is 12.7.